The van der Waals surface area contributed by atoms with Gasteiger partial charge in [-0.25, -0.2) is 13.4 Å². The van der Waals surface area contributed by atoms with Crippen LogP contribution in [-0.4, -0.2) is 72.3 Å². The zero-order valence-corrected chi connectivity index (χ0v) is 19.1. The fraction of sp³-hybridized carbons (Fsp3) is 0.545. The van der Waals surface area contributed by atoms with Crippen molar-refractivity contribution in [1.29, 1.82) is 0 Å². The first-order valence-corrected chi connectivity index (χ1v) is 12.4. The number of sulfonamides is 1. The molecule has 0 atom stereocenters. The molecule has 2 aromatic rings. The van der Waals surface area contributed by atoms with Crippen LogP contribution in [0.15, 0.2) is 35.7 Å². The third kappa shape index (κ3) is 4.77. The van der Waals surface area contributed by atoms with Gasteiger partial charge < -0.3 is 14.4 Å². The van der Waals surface area contributed by atoms with E-state index in [1.54, 1.807) is 4.57 Å². The molecule has 2 saturated heterocycles. The molecule has 0 saturated carbocycles. The fourth-order valence-corrected chi connectivity index (χ4v) is 5.76. The average Bonchev–Trinajstić information content (AvgIpc) is 3.25. The normalized spacial score (nSPS) is 18.4. The number of anilines is 1. The summed E-state index contributed by atoms with van der Waals surface area (Å²) in [5.41, 5.74) is 3.70. The van der Waals surface area contributed by atoms with Crippen LogP contribution in [0.1, 0.15) is 30.4 Å². The molecule has 168 valence electrons. The van der Waals surface area contributed by atoms with Crippen molar-refractivity contribution in [3.05, 3.63) is 41.9 Å². The number of carbonyl (C=O) groups is 1. The Kier molecular flexibility index (Phi) is 6.34. The number of rotatable bonds is 5. The van der Waals surface area contributed by atoms with Crippen LogP contribution in [0.4, 0.5) is 5.69 Å². The Morgan fingerprint density at radius 1 is 1.00 bits per heavy atom. The van der Waals surface area contributed by atoms with Crippen LogP contribution in [-0.2, 0) is 21.4 Å². The third-order valence-electron chi connectivity index (χ3n) is 6.18. The molecule has 0 unspecified atom stereocenters. The van der Waals surface area contributed by atoms with Crippen molar-refractivity contribution in [2.24, 2.45) is 0 Å². The molecule has 31 heavy (non-hydrogen) atoms. The summed E-state index contributed by atoms with van der Waals surface area (Å²) in [6, 6.07) is 6.45. The predicted octanol–water partition coefficient (Wildman–Crippen LogP) is 2.02. The number of imidazole rings is 1. The molecular formula is C22H31N5O3S. The minimum Gasteiger partial charge on any atom is -0.368 e. The maximum atomic E-state index is 12.8. The van der Waals surface area contributed by atoms with Crippen molar-refractivity contribution < 1.29 is 13.2 Å². The van der Waals surface area contributed by atoms with Gasteiger partial charge in [0.05, 0.1) is 6.33 Å². The van der Waals surface area contributed by atoms with E-state index in [9.17, 15) is 13.2 Å². The van der Waals surface area contributed by atoms with E-state index in [-0.39, 0.29) is 17.5 Å². The van der Waals surface area contributed by atoms with Crippen molar-refractivity contribution in [2.45, 2.75) is 44.7 Å². The highest BCUT2D eigenvalue weighted by molar-refractivity contribution is 7.89. The Bertz CT molecular complexity index is 1040. The smallest absolute Gasteiger partial charge is 0.262 e. The number of piperidine rings is 1. The van der Waals surface area contributed by atoms with E-state index in [2.05, 4.69) is 41.9 Å². The summed E-state index contributed by atoms with van der Waals surface area (Å²) in [6.07, 6.45) is 5.75. The molecule has 1 aromatic carbocycles. The van der Waals surface area contributed by atoms with Crippen LogP contribution in [0.5, 0.6) is 0 Å². The van der Waals surface area contributed by atoms with Gasteiger partial charge in [0.1, 0.15) is 6.54 Å². The summed E-state index contributed by atoms with van der Waals surface area (Å²) in [5.74, 6) is -0.0139. The molecule has 3 heterocycles. The predicted molar refractivity (Wildman–Crippen MR) is 120 cm³/mol. The molecule has 1 amide bonds. The van der Waals surface area contributed by atoms with E-state index in [1.807, 2.05) is 4.90 Å². The maximum absolute atomic E-state index is 12.8. The van der Waals surface area contributed by atoms with E-state index in [0.29, 0.717) is 26.2 Å². The number of amides is 1. The van der Waals surface area contributed by atoms with E-state index in [4.69, 9.17) is 0 Å². The Morgan fingerprint density at radius 2 is 1.71 bits per heavy atom. The van der Waals surface area contributed by atoms with Gasteiger partial charge in [0, 0.05) is 51.2 Å². The lowest BCUT2D eigenvalue weighted by Crippen LogP contribution is -2.49. The maximum Gasteiger partial charge on any atom is 0.262 e. The first kappa shape index (κ1) is 21.8. The lowest BCUT2D eigenvalue weighted by Gasteiger charge is -2.37. The summed E-state index contributed by atoms with van der Waals surface area (Å²) in [4.78, 5) is 21.1. The summed E-state index contributed by atoms with van der Waals surface area (Å²) in [7, 11) is -3.58. The number of hydrogen-bond donors (Lipinski definition) is 0. The lowest BCUT2D eigenvalue weighted by atomic mass is 10.1. The highest BCUT2D eigenvalue weighted by atomic mass is 32.2. The van der Waals surface area contributed by atoms with Crippen LogP contribution in [0.25, 0.3) is 0 Å². The average molecular weight is 446 g/mol. The Morgan fingerprint density at radius 3 is 2.42 bits per heavy atom. The number of carbonyl (C=O) groups excluding carboxylic acids is 1. The standard InChI is InChI=1S/C22H31N5O3S/c1-18-6-7-19(2)20(14-18)25-10-12-26(13-11-25)22(28)16-24-15-21(23-17-24)31(29,30)27-8-4-3-5-9-27/h6-7,14-15,17H,3-5,8-13,16H2,1-2H3. The number of piperazine rings is 1. The van der Waals surface area contributed by atoms with Gasteiger partial charge in [-0.15, -0.1) is 0 Å². The Hall–Kier alpha value is -2.39. The molecule has 2 aliphatic heterocycles. The SMILES string of the molecule is Cc1ccc(C)c(N2CCN(C(=O)Cn3cnc(S(=O)(=O)N4CCCCC4)c3)CC2)c1. The molecular weight excluding hydrogens is 414 g/mol. The van der Waals surface area contributed by atoms with Crippen LogP contribution >= 0.6 is 0 Å². The monoisotopic (exact) mass is 445 g/mol. The van der Waals surface area contributed by atoms with Gasteiger partial charge in [-0.1, -0.05) is 18.6 Å². The van der Waals surface area contributed by atoms with Crippen molar-refractivity contribution in [3.8, 4) is 0 Å². The molecule has 0 bridgehead atoms. The van der Waals surface area contributed by atoms with Gasteiger partial charge in [0.25, 0.3) is 10.0 Å². The second-order valence-electron chi connectivity index (χ2n) is 8.51. The first-order valence-electron chi connectivity index (χ1n) is 11.0. The lowest BCUT2D eigenvalue weighted by molar-refractivity contribution is -0.132. The Balaban J connectivity index is 1.35. The second kappa shape index (κ2) is 9.00. The van der Waals surface area contributed by atoms with Gasteiger partial charge in [-0.05, 0) is 43.9 Å². The minimum absolute atomic E-state index is 0.0139. The number of aromatic nitrogens is 2. The molecule has 2 aliphatic rings. The molecule has 0 spiro atoms. The van der Waals surface area contributed by atoms with Gasteiger partial charge >= 0.3 is 0 Å². The second-order valence-corrected chi connectivity index (χ2v) is 10.4. The van der Waals surface area contributed by atoms with E-state index in [1.165, 1.54) is 33.6 Å². The van der Waals surface area contributed by atoms with Crippen LogP contribution in [0, 0.1) is 13.8 Å². The first-order chi connectivity index (χ1) is 14.8. The van der Waals surface area contributed by atoms with E-state index in [0.717, 1.165) is 32.4 Å². The number of benzene rings is 1. The van der Waals surface area contributed by atoms with Crippen molar-refractivity contribution in [2.75, 3.05) is 44.2 Å². The number of aryl methyl sites for hydroxylation is 2. The zero-order chi connectivity index (χ0) is 22.0. The molecule has 8 nitrogen and oxygen atoms in total. The highest BCUT2D eigenvalue weighted by Gasteiger charge is 2.28. The van der Waals surface area contributed by atoms with Gasteiger partial charge in [0.15, 0.2) is 5.03 Å². The van der Waals surface area contributed by atoms with Gasteiger partial charge in [-0.2, -0.15) is 4.31 Å². The molecule has 0 radical (unpaired) electrons. The summed E-state index contributed by atoms with van der Waals surface area (Å²) >= 11 is 0. The zero-order valence-electron chi connectivity index (χ0n) is 18.3. The third-order valence-corrected chi connectivity index (χ3v) is 7.97. The van der Waals surface area contributed by atoms with Crippen molar-refractivity contribution in [1.82, 2.24) is 18.8 Å². The molecule has 4 rings (SSSR count). The summed E-state index contributed by atoms with van der Waals surface area (Å²) < 4.78 is 28.6. The van der Waals surface area contributed by atoms with Crippen LogP contribution in [0.3, 0.4) is 0 Å². The van der Waals surface area contributed by atoms with E-state index >= 15 is 0 Å². The largest absolute Gasteiger partial charge is 0.368 e. The quantitative estimate of drug-likeness (QED) is 0.704. The van der Waals surface area contributed by atoms with Crippen LogP contribution in [0.2, 0.25) is 0 Å². The summed E-state index contributed by atoms with van der Waals surface area (Å²) in [6.45, 7) is 8.26. The van der Waals surface area contributed by atoms with Crippen molar-refractivity contribution in [3.63, 3.8) is 0 Å². The molecule has 1 aromatic heterocycles. The highest BCUT2D eigenvalue weighted by Crippen LogP contribution is 2.23. The molecule has 0 aliphatic carbocycles. The molecule has 0 N–H and O–H groups in total. The minimum atomic E-state index is -3.58. The van der Waals surface area contributed by atoms with Gasteiger partial charge in [-0.3, -0.25) is 4.79 Å². The van der Waals surface area contributed by atoms with Crippen LogP contribution < -0.4 is 4.90 Å². The fourth-order valence-electron chi connectivity index (χ4n) is 4.31. The van der Waals surface area contributed by atoms with E-state index < -0.39 is 10.0 Å². The molecule has 2 fully saturated rings. The molecule has 9 heteroatoms. The Labute approximate surface area is 184 Å². The van der Waals surface area contributed by atoms with Crippen molar-refractivity contribution >= 4 is 21.6 Å². The number of nitrogens with zero attached hydrogens (tertiary/aromatic N) is 5. The number of hydrogen-bond acceptors (Lipinski definition) is 5. The topological polar surface area (TPSA) is 78.8 Å². The van der Waals surface area contributed by atoms with Gasteiger partial charge in [0.2, 0.25) is 5.91 Å². The summed E-state index contributed by atoms with van der Waals surface area (Å²) in [5, 5.41) is 0.0296.